The summed E-state index contributed by atoms with van der Waals surface area (Å²) in [4.78, 5) is 24.4. The number of hydrogen-bond donors (Lipinski definition) is 3. The second kappa shape index (κ2) is 9.47. The maximum atomic E-state index is 12.3. The average Bonchev–Trinajstić information content (AvgIpc) is 2.69. The van der Waals surface area contributed by atoms with Crippen LogP contribution in [0, 0.1) is 0 Å². The summed E-state index contributed by atoms with van der Waals surface area (Å²) in [5.74, 6) is -0.242. The van der Waals surface area contributed by atoms with Crippen LogP contribution >= 0.6 is 12.2 Å². The van der Waals surface area contributed by atoms with Crippen molar-refractivity contribution in [1.82, 2.24) is 16.0 Å². The predicted octanol–water partition coefficient (Wildman–Crippen LogP) is 4.40. The molecule has 0 unspecified atom stereocenters. The first kappa shape index (κ1) is 22.7. The smallest absolute Gasteiger partial charge is 0.408 e. The van der Waals surface area contributed by atoms with Crippen molar-refractivity contribution in [3.05, 3.63) is 71.3 Å². The molecular weight excluding hydrogens is 410 g/mol. The van der Waals surface area contributed by atoms with Crippen molar-refractivity contribution in [2.24, 2.45) is 0 Å². The number of alkyl carbamates (subject to hydrolysis) is 1. The van der Waals surface area contributed by atoms with Crippen LogP contribution in [0.4, 0.5) is 4.79 Å². The molecule has 3 N–H and O–H groups in total. The van der Waals surface area contributed by atoms with E-state index in [9.17, 15) is 9.59 Å². The zero-order valence-corrected chi connectivity index (χ0v) is 19.0. The molecule has 0 bridgehead atoms. The van der Waals surface area contributed by atoms with Gasteiger partial charge in [0, 0.05) is 12.1 Å². The van der Waals surface area contributed by atoms with Gasteiger partial charge in [-0.1, -0.05) is 42.5 Å². The highest BCUT2D eigenvalue weighted by atomic mass is 32.1. The zero-order valence-electron chi connectivity index (χ0n) is 18.2. The van der Waals surface area contributed by atoms with Crippen molar-refractivity contribution < 1.29 is 14.3 Å². The Balaban J connectivity index is 1.54. The van der Waals surface area contributed by atoms with Gasteiger partial charge in [-0.05, 0) is 75.5 Å². The number of nitrogens with one attached hydrogen (secondary N) is 3. The highest BCUT2D eigenvalue weighted by Gasteiger charge is 2.41. The zero-order chi connectivity index (χ0) is 22.5. The van der Waals surface area contributed by atoms with Crippen molar-refractivity contribution in [2.75, 3.05) is 0 Å². The molecule has 0 spiro atoms. The Morgan fingerprint density at radius 2 is 1.68 bits per heavy atom. The number of ether oxygens (including phenoxy) is 1. The van der Waals surface area contributed by atoms with Gasteiger partial charge in [-0.3, -0.25) is 10.1 Å². The number of rotatable bonds is 5. The fraction of sp³-hybridized carbons (Fsp3) is 0.375. The molecule has 1 saturated carbocycles. The van der Waals surface area contributed by atoms with Crippen LogP contribution in [0.1, 0.15) is 61.5 Å². The Morgan fingerprint density at radius 3 is 2.23 bits per heavy atom. The number of carbonyl (C=O) groups excluding carboxylic acids is 2. The van der Waals surface area contributed by atoms with Gasteiger partial charge in [0.1, 0.15) is 5.60 Å². The lowest BCUT2D eigenvalue weighted by molar-refractivity contribution is 0.0377. The number of amides is 2. The average molecular weight is 440 g/mol. The summed E-state index contributed by atoms with van der Waals surface area (Å²) in [6.45, 7) is 6.05. The van der Waals surface area contributed by atoms with Gasteiger partial charge < -0.3 is 15.4 Å². The molecule has 2 aromatic carbocycles. The van der Waals surface area contributed by atoms with Gasteiger partial charge in [0.2, 0.25) is 0 Å². The van der Waals surface area contributed by atoms with Gasteiger partial charge >= 0.3 is 6.09 Å². The van der Waals surface area contributed by atoms with E-state index in [-0.39, 0.29) is 16.6 Å². The molecule has 164 valence electrons. The van der Waals surface area contributed by atoms with E-state index in [4.69, 9.17) is 17.0 Å². The number of thiocarbonyl (C=S) groups is 1. The Labute approximate surface area is 188 Å². The summed E-state index contributed by atoms with van der Waals surface area (Å²) in [7, 11) is 0. The van der Waals surface area contributed by atoms with Crippen molar-refractivity contribution in [3.63, 3.8) is 0 Å². The largest absolute Gasteiger partial charge is 0.444 e. The standard InChI is InChI=1S/C24H29N3O3S/c1-23(2,3)30-22(29)27-24(14-7-15-24)19-12-10-17(11-13-19)16-25-21(31)26-20(28)18-8-5-4-6-9-18/h4-6,8-13H,7,14-16H2,1-3H3,(H,27,29)(H2,25,26,28,31). The van der Waals surface area contributed by atoms with Crippen LogP contribution in [0.2, 0.25) is 0 Å². The monoisotopic (exact) mass is 439 g/mol. The summed E-state index contributed by atoms with van der Waals surface area (Å²) >= 11 is 5.23. The quantitative estimate of drug-likeness (QED) is 0.602. The van der Waals surface area contributed by atoms with Crippen LogP contribution in [0.15, 0.2) is 54.6 Å². The van der Waals surface area contributed by atoms with Crippen molar-refractivity contribution >= 4 is 29.3 Å². The SMILES string of the molecule is CC(C)(C)OC(=O)NC1(c2ccc(CNC(=S)NC(=O)c3ccccc3)cc2)CCC1. The van der Waals surface area contributed by atoms with E-state index >= 15 is 0 Å². The maximum absolute atomic E-state index is 12.3. The second-order valence-corrected chi connectivity index (χ2v) is 9.17. The van der Waals surface area contributed by atoms with Gasteiger partial charge in [0.05, 0.1) is 5.54 Å². The molecule has 6 nitrogen and oxygen atoms in total. The Hall–Kier alpha value is -2.93. The van der Waals surface area contributed by atoms with Crippen LogP contribution in [-0.2, 0) is 16.8 Å². The Bertz CT molecular complexity index is 933. The number of benzene rings is 2. The minimum atomic E-state index is -0.529. The lowest BCUT2D eigenvalue weighted by atomic mass is 9.72. The summed E-state index contributed by atoms with van der Waals surface area (Å²) in [5, 5.41) is 9.08. The van der Waals surface area contributed by atoms with Gasteiger partial charge in [-0.25, -0.2) is 4.79 Å². The molecule has 0 radical (unpaired) electrons. The first-order valence-electron chi connectivity index (χ1n) is 10.4. The van der Waals surface area contributed by atoms with Gasteiger partial charge in [0.15, 0.2) is 5.11 Å². The normalized spacial score (nSPS) is 14.7. The fourth-order valence-electron chi connectivity index (χ4n) is 3.45. The van der Waals surface area contributed by atoms with Crippen LogP contribution in [-0.4, -0.2) is 22.7 Å². The third kappa shape index (κ3) is 6.28. The Morgan fingerprint density at radius 1 is 1.03 bits per heavy atom. The predicted molar refractivity (Wildman–Crippen MR) is 125 cm³/mol. The maximum Gasteiger partial charge on any atom is 0.408 e. The number of hydrogen-bond acceptors (Lipinski definition) is 4. The molecule has 31 heavy (non-hydrogen) atoms. The van der Waals surface area contributed by atoms with Crippen LogP contribution < -0.4 is 16.0 Å². The summed E-state index contributed by atoms with van der Waals surface area (Å²) < 4.78 is 5.43. The number of carbonyl (C=O) groups is 2. The molecule has 0 aliphatic heterocycles. The molecule has 2 aromatic rings. The minimum Gasteiger partial charge on any atom is -0.444 e. The summed E-state index contributed by atoms with van der Waals surface area (Å²) in [6.07, 6.45) is 2.45. The molecule has 0 aromatic heterocycles. The van der Waals surface area contributed by atoms with E-state index in [1.807, 2.05) is 51.1 Å². The van der Waals surface area contributed by atoms with E-state index < -0.39 is 11.7 Å². The van der Waals surface area contributed by atoms with E-state index in [0.717, 1.165) is 30.4 Å². The third-order valence-corrected chi connectivity index (χ3v) is 5.42. The topological polar surface area (TPSA) is 79.5 Å². The van der Waals surface area contributed by atoms with E-state index in [2.05, 4.69) is 16.0 Å². The van der Waals surface area contributed by atoms with E-state index in [1.165, 1.54) is 0 Å². The van der Waals surface area contributed by atoms with Crippen LogP contribution in [0.5, 0.6) is 0 Å². The van der Waals surface area contributed by atoms with Gasteiger partial charge in [-0.15, -0.1) is 0 Å². The summed E-state index contributed by atoms with van der Waals surface area (Å²) in [6, 6.07) is 17.0. The lowest BCUT2D eigenvalue weighted by Crippen LogP contribution is -2.52. The van der Waals surface area contributed by atoms with E-state index in [0.29, 0.717) is 12.1 Å². The fourth-order valence-corrected chi connectivity index (χ4v) is 3.61. The molecule has 0 saturated heterocycles. The molecule has 0 heterocycles. The van der Waals surface area contributed by atoms with Crippen molar-refractivity contribution in [3.8, 4) is 0 Å². The first-order chi connectivity index (χ1) is 14.7. The minimum absolute atomic E-state index is 0.242. The molecule has 3 rings (SSSR count). The lowest BCUT2D eigenvalue weighted by Gasteiger charge is -2.43. The molecular formula is C24H29N3O3S. The van der Waals surface area contributed by atoms with Crippen LogP contribution in [0.25, 0.3) is 0 Å². The highest BCUT2D eigenvalue weighted by Crippen LogP contribution is 2.41. The second-order valence-electron chi connectivity index (χ2n) is 8.76. The van der Waals surface area contributed by atoms with Crippen molar-refractivity contribution in [2.45, 2.75) is 57.7 Å². The third-order valence-electron chi connectivity index (χ3n) is 5.17. The van der Waals surface area contributed by atoms with Crippen LogP contribution in [0.3, 0.4) is 0 Å². The van der Waals surface area contributed by atoms with Gasteiger partial charge in [-0.2, -0.15) is 0 Å². The summed E-state index contributed by atoms with van der Waals surface area (Å²) in [5.41, 5.74) is 1.74. The highest BCUT2D eigenvalue weighted by molar-refractivity contribution is 7.80. The molecule has 7 heteroatoms. The van der Waals surface area contributed by atoms with E-state index in [1.54, 1.807) is 24.3 Å². The molecule has 1 aliphatic carbocycles. The van der Waals surface area contributed by atoms with Gasteiger partial charge in [0.25, 0.3) is 5.91 Å². The van der Waals surface area contributed by atoms with Crippen molar-refractivity contribution in [1.29, 1.82) is 0 Å². The molecule has 0 atom stereocenters. The Kier molecular flexibility index (Phi) is 6.95. The first-order valence-corrected chi connectivity index (χ1v) is 10.8. The molecule has 1 aliphatic rings. The molecule has 1 fully saturated rings. The molecule has 2 amide bonds.